The first-order valence-corrected chi connectivity index (χ1v) is 6.26. The average molecular weight is 211 g/mol. The van der Waals surface area contributed by atoms with Gasteiger partial charge in [0.1, 0.15) is 0 Å². The van der Waals surface area contributed by atoms with E-state index in [-0.39, 0.29) is 18.1 Å². The van der Waals surface area contributed by atoms with Gasteiger partial charge in [0.05, 0.1) is 12.1 Å². The number of carbonyl (C=O) groups is 1. The highest BCUT2D eigenvalue weighted by atomic mass is 16.3. The molecule has 1 saturated carbocycles. The standard InChI is InChI=1S/C12H21NO2/c14-11-7-3-1-2-6-10(11)13-9-5-4-8-12(13)15/h10-11,14H,1-9H2. The van der Waals surface area contributed by atoms with Crippen LogP contribution in [0.5, 0.6) is 0 Å². The summed E-state index contributed by atoms with van der Waals surface area (Å²) in [5.41, 5.74) is 0. The molecule has 2 aliphatic rings. The van der Waals surface area contributed by atoms with Crippen molar-refractivity contribution in [1.82, 2.24) is 4.90 Å². The Hall–Kier alpha value is -0.570. The van der Waals surface area contributed by atoms with Crippen molar-refractivity contribution in [2.45, 2.75) is 63.5 Å². The zero-order valence-corrected chi connectivity index (χ0v) is 9.32. The molecule has 0 bridgehead atoms. The minimum atomic E-state index is -0.283. The lowest BCUT2D eigenvalue weighted by Gasteiger charge is -2.36. The Bertz CT molecular complexity index is 230. The quantitative estimate of drug-likeness (QED) is 0.670. The smallest absolute Gasteiger partial charge is 0.222 e. The molecule has 3 heteroatoms. The Morgan fingerprint density at radius 1 is 1.07 bits per heavy atom. The molecule has 15 heavy (non-hydrogen) atoms. The van der Waals surface area contributed by atoms with Gasteiger partial charge in [-0.05, 0) is 25.7 Å². The van der Waals surface area contributed by atoms with Crippen LogP contribution in [0.15, 0.2) is 0 Å². The second-order valence-corrected chi connectivity index (χ2v) is 4.82. The first-order valence-electron chi connectivity index (χ1n) is 6.26. The van der Waals surface area contributed by atoms with Crippen molar-refractivity contribution in [2.24, 2.45) is 0 Å². The molecule has 1 aliphatic heterocycles. The number of rotatable bonds is 1. The molecule has 0 spiro atoms. The van der Waals surface area contributed by atoms with Crippen molar-refractivity contribution in [3.63, 3.8) is 0 Å². The van der Waals surface area contributed by atoms with Crippen LogP contribution < -0.4 is 0 Å². The van der Waals surface area contributed by atoms with Crippen LogP contribution in [-0.2, 0) is 4.79 Å². The lowest BCUT2D eigenvalue weighted by molar-refractivity contribution is -0.138. The maximum atomic E-state index is 11.8. The summed E-state index contributed by atoms with van der Waals surface area (Å²) in [5, 5.41) is 10.0. The first kappa shape index (κ1) is 10.9. The van der Waals surface area contributed by atoms with Crippen molar-refractivity contribution in [3.8, 4) is 0 Å². The SMILES string of the molecule is O=C1CCCCN1C1CCCCCC1O. The highest BCUT2D eigenvalue weighted by Gasteiger charge is 2.31. The van der Waals surface area contributed by atoms with Gasteiger partial charge in [-0.1, -0.05) is 19.3 Å². The van der Waals surface area contributed by atoms with E-state index >= 15 is 0 Å². The summed E-state index contributed by atoms with van der Waals surface area (Å²) >= 11 is 0. The second kappa shape index (κ2) is 4.97. The highest BCUT2D eigenvalue weighted by molar-refractivity contribution is 5.77. The maximum Gasteiger partial charge on any atom is 0.222 e. The van der Waals surface area contributed by atoms with Gasteiger partial charge in [-0.15, -0.1) is 0 Å². The number of amides is 1. The van der Waals surface area contributed by atoms with Crippen LogP contribution in [0.2, 0.25) is 0 Å². The molecule has 1 aliphatic carbocycles. The van der Waals surface area contributed by atoms with Gasteiger partial charge in [0.25, 0.3) is 0 Å². The van der Waals surface area contributed by atoms with Crippen molar-refractivity contribution >= 4 is 5.91 Å². The number of hydrogen-bond acceptors (Lipinski definition) is 2. The lowest BCUT2D eigenvalue weighted by Crippen LogP contribution is -2.48. The van der Waals surface area contributed by atoms with Crippen molar-refractivity contribution < 1.29 is 9.90 Å². The predicted molar refractivity (Wildman–Crippen MR) is 58.4 cm³/mol. The molecule has 86 valence electrons. The number of nitrogens with zero attached hydrogens (tertiary/aromatic N) is 1. The van der Waals surface area contributed by atoms with E-state index in [0.29, 0.717) is 6.42 Å². The Morgan fingerprint density at radius 2 is 1.87 bits per heavy atom. The van der Waals surface area contributed by atoms with Gasteiger partial charge in [0.2, 0.25) is 5.91 Å². The number of aliphatic hydroxyl groups is 1. The molecule has 1 amide bonds. The number of aliphatic hydroxyl groups excluding tert-OH is 1. The summed E-state index contributed by atoms with van der Waals surface area (Å²) in [5.74, 6) is 0.257. The summed E-state index contributed by atoms with van der Waals surface area (Å²) < 4.78 is 0. The van der Waals surface area contributed by atoms with Crippen LogP contribution >= 0.6 is 0 Å². The monoisotopic (exact) mass is 211 g/mol. The number of carbonyl (C=O) groups excluding carboxylic acids is 1. The van der Waals surface area contributed by atoms with Crippen LogP contribution in [0.25, 0.3) is 0 Å². The van der Waals surface area contributed by atoms with Crippen LogP contribution in [-0.4, -0.2) is 34.6 Å². The fraction of sp³-hybridized carbons (Fsp3) is 0.917. The fourth-order valence-electron chi connectivity index (χ4n) is 2.81. The van der Waals surface area contributed by atoms with Gasteiger partial charge in [0, 0.05) is 13.0 Å². The molecule has 1 N–H and O–H groups in total. The number of piperidine rings is 1. The normalized spacial score (nSPS) is 33.9. The van der Waals surface area contributed by atoms with E-state index in [1.165, 1.54) is 6.42 Å². The first-order chi connectivity index (χ1) is 7.29. The topological polar surface area (TPSA) is 40.5 Å². The van der Waals surface area contributed by atoms with E-state index in [0.717, 1.165) is 45.1 Å². The largest absolute Gasteiger partial charge is 0.391 e. The Balaban J connectivity index is 2.02. The average Bonchev–Trinajstić information content (AvgIpc) is 2.44. The Labute approximate surface area is 91.5 Å². The predicted octanol–water partition coefficient (Wildman–Crippen LogP) is 1.69. The minimum Gasteiger partial charge on any atom is -0.391 e. The summed E-state index contributed by atoms with van der Waals surface area (Å²) in [6.07, 6.45) is 7.87. The van der Waals surface area contributed by atoms with Crippen LogP contribution in [0.3, 0.4) is 0 Å². The van der Waals surface area contributed by atoms with Crippen molar-refractivity contribution in [1.29, 1.82) is 0 Å². The van der Waals surface area contributed by atoms with Crippen LogP contribution in [0.4, 0.5) is 0 Å². The molecule has 3 nitrogen and oxygen atoms in total. The van der Waals surface area contributed by atoms with Gasteiger partial charge in [-0.2, -0.15) is 0 Å². The molecule has 0 aromatic carbocycles. The summed E-state index contributed by atoms with van der Waals surface area (Å²) in [6, 6.07) is 0.111. The maximum absolute atomic E-state index is 11.8. The van der Waals surface area contributed by atoms with Gasteiger partial charge in [0.15, 0.2) is 0 Å². The lowest BCUT2D eigenvalue weighted by atomic mass is 10.00. The van der Waals surface area contributed by atoms with Crippen LogP contribution in [0, 0.1) is 0 Å². The van der Waals surface area contributed by atoms with E-state index < -0.39 is 0 Å². The molecule has 0 aromatic heterocycles. The molecule has 1 saturated heterocycles. The minimum absolute atomic E-state index is 0.111. The summed E-state index contributed by atoms with van der Waals surface area (Å²) in [7, 11) is 0. The molecule has 2 unspecified atom stereocenters. The molecule has 0 radical (unpaired) electrons. The third-order valence-corrected chi connectivity index (χ3v) is 3.70. The van der Waals surface area contributed by atoms with Crippen LogP contribution in [0.1, 0.15) is 51.4 Å². The molecule has 1 heterocycles. The Kier molecular flexibility index (Phi) is 3.62. The van der Waals surface area contributed by atoms with Gasteiger partial charge in [-0.3, -0.25) is 4.79 Å². The molecular weight excluding hydrogens is 190 g/mol. The molecular formula is C12H21NO2. The zero-order chi connectivity index (χ0) is 10.7. The number of hydrogen-bond donors (Lipinski definition) is 1. The van der Waals surface area contributed by atoms with Gasteiger partial charge in [-0.25, -0.2) is 0 Å². The second-order valence-electron chi connectivity index (χ2n) is 4.82. The Morgan fingerprint density at radius 3 is 2.67 bits per heavy atom. The molecule has 2 atom stereocenters. The van der Waals surface area contributed by atoms with E-state index in [2.05, 4.69) is 0 Å². The molecule has 2 rings (SSSR count). The fourth-order valence-corrected chi connectivity index (χ4v) is 2.81. The van der Waals surface area contributed by atoms with E-state index in [1.54, 1.807) is 0 Å². The van der Waals surface area contributed by atoms with E-state index in [1.807, 2.05) is 4.90 Å². The van der Waals surface area contributed by atoms with Gasteiger partial charge < -0.3 is 10.0 Å². The van der Waals surface area contributed by atoms with Crippen molar-refractivity contribution in [3.05, 3.63) is 0 Å². The summed E-state index contributed by atoms with van der Waals surface area (Å²) in [4.78, 5) is 13.7. The molecule has 2 fully saturated rings. The van der Waals surface area contributed by atoms with E-state index in [4.69, 9.17) is 0 Å². The summed E-state index contributed by atoms with van der Waals surface area (Å²) in [6.45, 7) is 0.862. The van der Waals surface area contributed by atoms with Gasteiger partial charge >= 0.3 is 0 Å². The number of likely N-dealkylation sites (tertiary alicyclic amines) is 1. The zero-order valence-electron chi connectivity index (χ0n) is 9.32. The van der Waals surface area contributed by atoms with E-state index in [9.17, 15) is 9.90 Å². The third kappa shape index (κ3) is 2.51. The highest BCUT2D eigenvalue weighted by Crippen LogP contribution is 2.25. The molecule has 0 aromatic rings. The third-order valence-electron chi connectivity index (χ3n) is 3.70. The van der Waals surface area contributed by atoms with Crippen molar-refractivity contribution in [2.75, 3.05) is 6.54 Å².